The molecule has 4 heterocycles. The van der Waals surface area contributed by atoms with E-state index in [2.05, 4.69) is 48.2 Å². The zero-order valence-corrected chi connectivity index (χ0v) is 22.9. The van der Waals surface area contributed by atoms with E-state index in [0.717, 1.165) is 47.8 Å². The second-order valence-corrected chi connectivity index (χ2v) is 11.0. The fourth-order valence-electron chi connectivity index (χ4n) is 5.11. The third-order valence-electron chi connectivity index (χ3n) is 7.08. The maximum absolute atomic E-state index is 13.2. The Morgan fingerprint density at radius 3 is 2.49 bits per heavy atom. The summed E-state index contributed by atoms with van der Waals surface area (Å²) in [6.45, 7) is 14.2. The lowest BCUT2D eigenvalue weighted by Crippen LogP contribution is -2.52. The van der Waals surface area contributed by atoms with E-state index < -0.39 is 0 Å². The van der Waals surface area contributed by atoms with Crippen LogP contribution in [0.2, 0.25) is 0 Å². The third kappa shape index (κ3) is 6.62. The molecule has 1 amide bonds. The summed E-state index contributed by atoms with van der Waals surface area (Å²) in [5.74, 6) is -0.103. The smallest absolute Gasteiger partial charge is 0.241 e. The number of carbonyl (C=O) groups excluding carboxylic acids is 1. The first-order valence-corrected chi connectivity index (χ1v) is 13.0. The number of nitrogens with one attached hydrogen (secondary N) is 1. The molecule has 0 bridgehead atoms. The Hall–Kier alpha value is -3.10. The summed E-state index contributed by atoms with van der Waals surface area (Å²) in [4.78, 5) is 22.0. The Labute approximate surface area is 219 Å². The highest BCUT2D eigenvalue weighted by atomic mass is 19.1. The fourth-order valence-corrected chi connectivity index (χ4v) is 5.11. The quantitative estimate of drug-likeness (QED) is 0.584. The van der Waals surface area contributed by atoms with Crippen LogP contribution in [-0.4, -0.2) is 64.3 Å². The van der Waals surface area contributed by atoms with Crippen LogP contribution in [0.5, 0.6) is 0 Å². The standard InChI is InChI=1S/C23H29FN4O.C6H10N2/c1-16-13-27(9-8-25-16)14-21(29)28-15-23(2,3)22-20(28)11-18(12-26-22)10-17-4-6-19(24)7-5-17;1-5-4-6(2)8(3)7-5/h4-7,11-12,16,25H,8-10,13-15H2,1-3H3;4H,1-3H3/t16-;/m1./s1. The van der Waals surface area contributed by atoms with Crippen molar-refractivity contribution in [1.29, 1.82) is 0 Å². The maximum atomic E-state index is 13.2. The van der Waals surface area contributed by atoms with Gasteiger partial charge in [0.15, 0.2) is 0 Å². The molecular weight excluding hydrogens is 467 g/mol. The summed E-state index contributed by atoms with van der Waals surface area (Å²) in [7, 11) is 1.95. The predicted octanol–water partition coefficient (Wildman–Crippen LogP) is 3.77. The number of pyridine rings is 1. The summed E-state index contributed by atoms with van der Waals surface area (Å²) in [5, 5.41) is 7.54. The lowest BCUT2D eigenvalue weighted by Gasteiger charge is -2.32. The van der Waals surface area contributed by atoms with E-state index in [0.29, 0.717) is 25.6 Å². The van der Waals surface area contributed by atoms with Crippen LogP contribution in [0.25, 0.3) is 0 Å². The van der Waals surface area contributed by atoms with Gasteiger partial charge in [0.1, 0.15) is 5.82 Å². The highest BCUT2D eigenvalue weighted by Crippen LogP contribution is 2.39. The Bertz CT molecular complexity index is 1220. The number of carbonyl (C=O) groups is 1. The van der Waals surface area contributed by atoms with Gasteiger partial charge in [-0.3, -0.25) is 19.4 Å². The Morgan fingerprint density at radius 2 is 1.89 bits per heavy atom. The van der Waals surface area contributed by atoms with Gasteiger partial charge >= 0.3 is 0 Å². The molecule has 2 aromatic heterocycles. The van der Waals surface area contributed by atoms with Crippen LogP contribution in [0.4, 0.5) is 10.1 Å². The number of amides is 1. The van der Waals surface area contributed by atoms with Crippen molar-refractivity contribution in [2.45, 2.75) is 52.5 Å². The number of halogens is 1. The molecule has 0 radical (unpaired) electrons. The highest BCUT2D eigenvalue weighted by Gasteiger charge is 2.40. The van der Waals surface area contributed by atoms with E-state index in [1.54, 1.807) is 12.1 Å². The molecule has 0 saturated carbocycles. The summed E-state index contributed by atoms with van der Waals surface area (Å²) < 4.78 is 15.1. The number of aromatic nitrogens is 3. The number of hydrogen-bond acceptors (Lipinski definition) is 5. The van der Waals surface area contributed by atoms with Crippen molar-refractivity contribution in [1.82, 2.24) is 25.0 Å². The molecule has 1 fully saturated rings. The fraction of sp³-hybridized carbons (Fsp3) is 0.483. The summed E-state index contributed by atoms with van der Waals surface area (Å²) in [6, 6.07) is 11.1. The molecule has 0 unspecified atom stereocenters. The Kier molecular flexibility index (Phi) is 8.09. The first kappa shape index (κ1) is 26.9. The predicted molar refractivity (Wildman–Crippen MR) is 145 cm³/mol. The number of nitrogens with zero attached hydrogens (tertiary/aromatic N) is 5. The molecule has 0 aliphatic carbocycles. The molecule has 1 aromatic carbocycles. The second kappa shape index (κ2) is 11.1. The number of fused-ring (bicyclic) bond motifs is 1. The number of anilines is 1. The third-order valence-corrected chi connectivity index (χ3v) is 7.08. The summed E-state index contributed by atoms with van der Waals surface area (Å²) >= 11 is 0. The molecule has 0 spiro atoms. The molecule has 8 heteroatoms. The van der Waals surface area contributed by atoms with Crippen LogP contribution in [0.3, 0.4) is 0 Å². The number of hydrogen-bond donors (Lipinski definition) is 1. The van der Waals surface area contributed by atoms with E-state index in [9.17, 15) is 9.18 Å². The van der Waals surface area contributed by atoms with Gasteiger partial charge in [-0.25, -0.2) is 4.39 Å². The lowest BCUT2D eigenvalue weighted by molar-refractivity contribution is -0.120. The van der Waals surface area contributed by atoms with Crippen LogP contribution in [0.1, 0.15) is 49.0 Å². The number of rotatable bonds is 4. The number of aryl methyl sites for hydroxylation is 3. The van der Waals surface area contributed by atoms with Crippen LogP contribution < -0.4 is 10.2 Å². The summed E-state index contributed by atoms with van der Waals surface area (Å²) in [5.41, 5.74) is 6.08. The minimum absolute atomic E-state index is 0.131. The largest absolute Gasteiger partial charge is 0.312 e. The SMILES string of the molecule is C[C@@H]1CN(CC(=O)N2CC(C)(C)c3ncc(Cc4ccc(F)cc4)cc32)CCN1.Cc1cc(C)n(C)n1. The lowest BCUT2D eigenvalue weighted by atomic mass is 9.91. The van der Waals surface area contributed by atoms with Crippen LogP contribution in [-0.2, 0) is 23.7 Å². The van der Waals surface area contributed by atoms with Gasteiger partial charge in [0, 0.05) is 56.6 Å². The second-order valence-electron chi connectivity index (χ2n) is 11.0. The van der Waals surface area contributed by atoms with E-state index in [4.69, 9.17) is 4.98 Å². The van der Waals surface area contributed by atoms with Gasteiger partial charge in [0.05, 0.1) is 23.6 Å². The first-order valence-electron chi connectivity index (χ1n) is 13.0. The molecule has 3 aromatic rings. The van der Waals surface area contributed by atoms with Crippen molar-refractivity contribution in [2.24, 2.45) is 7.05 Å². The maximum Gasteiger partial charge on any atom is 0.241 e. The molecule has 198 valence electrons. The van der Waals surface area contributed by atoms with Gasteiger partial charge in [-0.15, -0.1) is 0 Å². The van der Waals surface area contributed by atoms with Crippen LogP contribution >= 0.6 is 0 Å². The molecule has 1 N–H and O–H groups in total. The van der Waals surface area contributed by atoms with E-state index in [1.807, 2.05) is 36.7 Å². The van der Waals surface area contributed by atoms with E-state index >= 15 is 0 Å². The molecule has 1 atom stereocenters. The average Bonchev–Trinajstić information content (AvgIpc) is 3.28. The molecule has 2 aliphatic heterocycles. The Balaban J connectivity index is 0.000000342. The van der Waals surface area contributed by atoms with Gasteiger partial charge in [-0.05, 0) is 62.6 Å². The first-order chi connectivity index (χ1) is 17.5. The van der Waals surface area contributed by atoms with Crippen molar-refractivity contribution < 1.29 is 9.18 Å². The minimum Gasteiger partial charge on any atom is -0.312 e. The monoisotopic (exact) mass is 506 g/mol. The van der Waals surface area contributed by atoms with Crippen molar-refractivity contribution in [3.05, 3.63) is 76.6 Å². The topological polar surface area (TPSA) is 66.3 Å². The van der Waals surface area contributed by atoms with E-state index in [-0.39, 0.29) is 17.1 Å². The zero-order chi connectivity index (χ0) is 26.7. The summed E-state index contributed by atoms with van der Waals surface area (Å²) in [6.07, 6.45) is 2.55. The number of benzene rings is 1. The normalized spacial score (nSPS) is 18.8. The number of piperazine rings is 1. The molecular formula is C29H39FN6O. The van der Waals surface area contributed by atoms with Crippen LogP contribution in [0.15, 0.2) is 42.6 Å². The molecule has 2 aliphatic rings. The van der Waals surface area contributed by atoms with Gasteiger partial charge in [0.2, 0.25) is 5.91 Å². The van der Waals surface area contributed by atoms with Crippen molar-refractivity contribution in [2.75, 3.05) is 37.6 Å². The van der Waals surface area contributed by atoms with Gasteiger partial charge in [-0.2, -0.15) is 5.10 Å². The van der Waals surface area contributed by atoms with Gasteiger partial charge < -0.3 is 10.2 Å². The van der Waals surface area contributed by atoms with E-state index in [1.165, 1.54) is 17.8 Å². The van der Waals surface area contributed by atoms with Crippen molar-refractivity contribution in [3.8, 4) is 0 Å². The molecule has 7 nitrogen and oxygen atoms in total. The van der Waals surface area contributed by atoms with Crippen molar-refractivity contribution >= 4 is 11.6 Å². The minimum atomic E-state index is -0.235. The molecule has 5 rings (SSSR count). The molecule has 1 saturated heterocycles. The Morgan fingerprint density at radius 1 is 1.16 bits per heavy atom. The zero-order valence-electron chi connectivity index (χ0n) is 22.9. The average molecular weight is 507 g/mol. The van der Waals surface area contributed by atoms with Crippen molar-refractivity contribution in [3.63, 3.8) is 0 Å². The molecule has 37 heavy (non-hydrogen) atoms. The highest BCUT2D eigenvalue weighted by molar-refractivity contribution is 5.97. The van der Waals surface area contributed by atoms with Gasteiger partial charge in [-0.1, -0.05) is 26.0 Å². The van der Waals surface area contributed by atoms with Gasteiger partial charge in [0.25, 0.3) is 0 Å². The van der Waals surface area contributed by atoms with Crippen LogP contribution in [0, 0.1) is 19.7 Å².